The third kappa shape index (κ3) is 12.3. The number of carbonyl (C=O) groups excluding carboxylic acids is 1. The molecule has 5 rings (SSSR count). The van der Waals surface area contributed by atoms with Gasteiger partial charge in [0.15, 0.2) is 11.6 Å². The van der Waals surface area contributed by atoms with Crippen LogP contribution >= 0.6 is 0 Å². The molecule has 5 aromatic rings. The maximum Gasteiger partial charge on any atom is 0.0496 e. The standard InChI is InChI=1S/C9H8F3NO2.C9H9NO.C4H4N2.C2H2N2Se/c1-6(14)13-7-4-2-3-5-8(7)15-9(10,11)12;1-11-9-6-7-4-2-3-5-8(7)10-9;1-2-4-6-5-3-1;1-2-5-4-3-1/h2-5H,1H3,(H,13,14);2-6,10H,1H3;1-4H;1-2H. The van der Waals surface area contributed by atoms with E-state index in [4.69, 9.17) is 4.74 Å². The zero-order chi connectivity index (χ0) is 26.9. The summed E-state index contributed by atoms with van der Waals surface area (Å²) < 4.78 is 48.2. The summed E-state index contributed by atoms with van der Waals surface area (Å²) in [5, 5.41) is 14.0. The van der Waals surface area contributed by atoms with Gasteiger partial charge in [-0.1, -0.05) is 30.3 Å². The smallest absolute Gasteiger partial charge is 0.0496 e. The molecule has 0 radical (unpaired) electrons. The Labute approximate surface area is 216 Å². The van der Waals surface area contributed by atoms with Crippen molar-refractivity contribution in [3.63, 3.8) is 0 Å². The first-order valence-electron chi connectivity index (χ1n) is 10.4. The number of aromatic amines is 1. The van der Waals surface area contributed by atoms with Crippen molar-refractivity contribution in [2.75, 3.05) is 12.4 Å². The summed E-state index contributed by atoms with van der Waals surface area (Å²) in [4.78, 5) is 15.8. The summed E-state index contributed by atoms with van der Waals surface area (Å²) in [5.74, 6) is -0.0837. The van der Waals surface area contributed by atoms with Crippen LogP contribution in [-0.4, -0.2) is 58.5 Å². The van der Waals surface area contributed by atoms with Crippen LogP contribution < -0.4 is 14.8 Å². The van der Waals surface area contributed by atoms with Crippen LogP contribution in [0.15, 0.2) is 90.3 Å². The molecule has 0 unspecified atom stereocenters. The van der Waals surface area contributed by atoms with Gasteiger partial charge in [0.2, 0.25) is 5.91 Å². The number of hydrogen-bond donors (Lipinski definition) is 2. The molecule has 0 spiro atoms. The topological polar surface area (TPSA) is 115 Å². The van der Waals surface area contributed by atoms with Crippen molar-refractivity contribution in [2.45, 2.75) is 13.3 Å². The van der Waals surface area contributed by atoms with Gasteiger partial charge in [0.25, 0.3) is 0 Å². The minimum Gasteiger partial charge on any atom is -0.159 e. The van der Waals surface area contributed by atoms with Crippen LogP contribution in [0.3, 0.4) is 0 Å². The van der Waals surface area contributed by atoms with E-state index in [-0.39, 0.29) is 5.69 Å². The number of methoxy groups -OCH3 is 1. The van der Waals surface area contributed by atoms with Crippen LogP contribution in [0.4, 0.5) is 18.9 Å². The van der Waals surface area contributed by atoms with E-state index in [9.17, 15) is 18.0 Å². The molecular formula is C24H23F3N6O3Se. The van der Waals surface area contributed by atoms with Gasteiger partial charge in [0.1, 0.15) is 0 Å². The molecular weight excluding hydrogens is 556 g/mol. The minimum atomic E-state index is -4.77. The summed E-state index contributed by atoms with van der Waals surface area (Å²) in [5.41, 5.74) is 1.10. The van der Waals surface area contributed by atoms with Crippen LogP contribution in [0.1, 0.15) is 6.92 Å². The Morgan fingerprint density at radius 1 is 0.946 bits per heavy atom. The van der Waals surface area contributed by atoms with Gasteiger partial charge in [-0.15, -0.1) is 13.2 Å². The number of nitrogens with one attached hydrogen (secondary N) is 2. The Kier molecular flexibility index (Phi) is 12.3. The van der Waals surface area contributed by atoms with Crippen LogP contribution in [0.2, 0.25) is 0 Å². The number of amides is 1. The molecule has 194 valence electrons. The number of para-hydroxylation sites is 3. The van der Waals surface area contributed by atoms with E-state index >= 15 is 0 Å². The van der Waals surface area contributed by atoms with Crippen molar-refractivity contribution < 1.29 is 27.4 Å². The summed E-state index contributed by atoms with van der Waals surface area (Å²) in [6, 6.07) is 19.0. The third-order valence-electron chi connectivity index (χ3n) is 3.91. The second kappa shape index (κ2) is 15.7. The maximum absolute atomic E-state index is 11.9. The number of aromatic nitrogens is 5. The molecule has 0 aliphatic rings. The second-order valence-electron chi connectivity index (χ2n) is 6.65. The molecule has 1 amide bonds. The average molecular weight is 579 g/mol. The Balaban J connectivity index is 0.000000189. The molecule has 0 bridgehead atoms. The van der Waals surface area contributed by atoms with Crippen LogP contribution in [-0.2, 0) is 4.79 Å². The Morgan fingerprint density at radius 2 is 1.62 bits per heavy atom. The van der Waals surface area contributed by atoms with Crippen LogP contribution in [0, 0.1) is 0 Å². The van der Waals surface area contributed by atoms with Gasteiger partial charge in [0, 0.05) is 36.3 Å². The number of anilines is 1. The number of benzene rings is 2. The van der Waals surface area contributed by atoms with Gasteiger partial charge in [-0.25, -0.2) is 0 Å². The number of rotatable bonds is 3. The van der Waals surface area contributed by atoms with Crippen molar-refractivity contribution in [3.05, 3.63) is 90.3 Å². The van der Waals surface area contributed by atoms with Crippen LogP contribution in [0.5, 0.6) is 11.6 Å². The van der Waals surface area contributed by atoms with Crippen molar-refractivity contribution in [2.24, 2.45) is 0 Å². The fourth-order valence-corrected chi connectivity index (χ4v) is 3.09. The molecule has 0 saturated carbocycles. The van der Waals surface area contributed by atoms with E-state index in [1.807, 2.05) is 47.4 Å². The molecule has 0 aliphatic heterocycles. The number of fused-ring (bicyclic) bond motifs is 1. The minimum absolute atomic E-state index is 0.0117. The second-order valence-corrected chi connectivity index (χ2v) is 8.01. The van der Waals surface area contributed by atoms with Crippen molar-refractivity contribution in [1.82, 2.24) is 24.4 Å². The quantitative estimate of drug-likeness (QED) is 0.297. The van der Waals surface area contributed by atoms with Crippen LogP contribution in [0.25, 0.3) is 10.9 Å². The third-order valence-corrected chi connectivity index (χ3v) is 4.82. The first kappa shape index (κ1) is 29.0. The van der Waals surface area contributed by atoms with Gasteiger partial charge < -0.3 is 19.8 Å². The molecule has 9 nitrogen and oxygen atoms in total. The summed E-state index contributed by atoms with van der Waals surface area (Å²) in [6.07, 6.45) is 0.231. The van der Waals surface area contributed by atoms with Crippen molar-refractivity contribution >= 4 is 37.2 Å². The van der Waals surface area contributed by atoms with E-state index in [0.29, 0.717) is 14.7 Å². The number of carbonyl (C=O) groups is 1. The molecule has 2 N–H and O–H groups in total. The number of halogens is 3. The molecule has 13 heteroatoms. The van der Waals surface area contributed by atoms with E-state index in [0.717, 1.165) is 17.5 Å². The molecule has 0 atom stereocenters. The van der Waals surface area contributed by atoms with Gasteiger partial charge in [-0.05, 0) is 30.3 Å². The molecule has 0 saturated heterocycles. The Hall–Kier alpha value is -4.22. The SMILES string of the molecule is CC(=O)Nc1ccccc1OC(F)(F)F.COc1cc2ccccc2[nH]1.c1c[se]nn1.c1ccnnc1. The van der Waals surface area contributed by atoms with Gasteiger partial charge >= 0.3 is 41.4 Å². The fourth-order valence-electron chi connectivity index (χ4n) is 2.52. The maximum atomic E-state index is 11.9. The summed E-state index contributed by atoms with van der Waals surface area (Å²) in [6.45, 7) is 1.20. The monoisotopic (exact) mass is 580 g/mol. The number of H-pyrrole nitrogens is 1. The number of ether oxygens (including phenoxy) is 2. The van der Waals surface area contributed by atoms with Gasteiger partial charge in [-0.3, -0.25) is 4.79 Å². The Bertz CT molecular complexity index is 1230. The fraction of sp³-hybridized carbons (Fsp3) is 0.125. The van der Waals surface area contributed by atoms with Crippen molar-refractivity contribution in [3.8, 4) is 11.6 Å². The van der Waals surface area contributed by atoms with E-state index < -0.39 is 18.0 Å². The molecule has 0 fully saturated rings. The van der Waals surface area contributed by atoms with E-state index in [1.165, 1.54) is 30.5 Å². The molecule has 0 aliphatic carbocycles. The molecule has 3 aromatic heterocycles. The van der Waals surface area contributed by atoms with Gasteiger partial charge in [-0.2, -0.15) is 10.2 Å². The predicted molar refractivity (Wildman–Crippen MR) is 133 cm³/mol. The number of nitrogens with zero attached hydrogens (tertiary/aromatic N) is 4. The summed E-state index contributed by atoms with van der Waals surface area (Å²) >= 11 is 0.347. The van der Waals surface area contributed by atoms with E-state index in [1.54, 1.807) is 25.7 Å². The Morgan fingerprint density at radius 3 is 2.11 bits per heavy atom. The predicted octanol–water partition coefficient (Wildman–Crippen LogP) is 4.73. The summed E-state index contributed by atoms with van der Waals surface area (Å²) in [7, 11) is 1.66. The van der Waals surface area contributed by atoms with E-state index in [2.05, 4.69) is 34.4 Å². The molecule has 37 heavy (non-hydrogen) atoms. The normalized spacial score (nSPS) is 9.86. The number of alkyl halides is 3. The largest absolute Gasteiger partial charge is 0.159 e. The first-order valence-corrected chi connectivity index (χ1v) is 12.2. The van der Waals surface area contributed by atoms with Gasteiger partial charge in [0.05, 0.1) is 12.8 Å². The zero-order valence-corrected chi connectivity index (χ0v) is 21.4. The molecule has 3 heterocycles. The first-order chi connectivity index (χ1) is 17.8. The number of hydrogen-bond acceptors (Lipinski definition) is 7. The average Bonchev–Trinajstić information content (AvgIpc) is 3.59. The molecule has 2 aromatic carbocycles. The zero-order valence-electron chi connectivity index (χ0n) is 19.7. The van der Waals surface area contributed by atoms with Crippen molar-refractivity contribution in [1.29, 1.82) is 0 Å².